The molecule has 0 bridgehead atoms. The van der Waals surface area contributed by atoms with E-state index in [1.54, 1.807) is 6.92 Å². The molecule has 0 heterocycles. The van der Waals surface area contributed by atoms with Crippen molar-refractivity contribution in [3.8, 4) is 0 Å². The maximum atomic E-state index is 13.7. The molecule has 98 valence electrons. The fraction of sp³-hybridized carbons (Fsp3) is 0.0714. The van der Waals surface area contributed by atoms with E-state index in [-0.39, 0.29) is 10.0 Å². The molecule has 0 aromatic heterocycles. The molecule has 2 aromatic rings. The van der Waals surface area contributed by atoms with Gasteiger partial charge in [-0.2, -0.15) is 0 Å². The average molecular weight is 329 g/mol. The van der Waals surface area contributed by atoms with Gasteiger partial charge in [0.25, 0.3) is 0 Å². The summed E-state index contributed by atoms with van der Waals surface area (Å²) in [5.41, 5.74) is -0.147. The number of hydrogen-bond donors (Lipinski definition) is 0. The van der Waals surface area contributed by atoms with Crippen molar-refractivity contribution < 1.29 is 18.0 Å². The van der Waals surface area contributed by atoms with Crippen LogP contribution in [0.3, 0.4) is 0 Å². The minimum absolute atomic E-state index is 0.0917. The zero-order valence-corrected chi connectivity index (χ0v) is 11.4. The van der Waals surface area contributed by atoms with Crippen LogP contribution in [0, 0.1) is 24.4 Å². The largest absolute Gasteiger partial charge is 0.288 e. The Morgan fingerprint density at radius 1 is 0.947 bits per heavy atom. The minimum Gasteiger partial charge on any atom is -0.288 e. The third kappa shape index (κ3) is 2.71. The van der Waals surface area contributed by atoms with E-state index in [0.717, 1.165) is 12.1 Å². The van der Waals surface area contributed by atoms with E-state index < -0.39 is 28.8 Å². The molecule has 0 saturated heterocycles. The van der Waals surface area contributed by atoms with Crippen LogP contribution in [0.25, 0.3) is 0 Å². The number of hydrogen-bond acceptors (Lipinski definition) is 1. The lowest BCUT2D eigenvalue weighted by atomic mass is 10.0. The third-order valence-corrected chi connectivity index (χ3v) is 3.23. The Bertz CT molecular complexity index is 668. The first kappa shape index (κ1) is 13.8. The number of aryl methyl sites for hydroxylation is 1. The van der Waals surface area contributed by atoms with Crippen LogP contribution in [0.2, 0.25) is 0 Å². The molecule has 0 N–H and O–H groups in total. The molecule has 0 fully saturated rings. The fourth-order valence-corrected chi connectivity index (χ4v) is 1.96. The Balaban J connectivity index is 2.53. The molecule has 2 aromatic carbocycles. The maximum Gasteiger partial charge on any atom is 0.199 e. The molecular formula is C14H8BrF3O. The molecule has 2 rings (SSSR count). The van der Waals surface area contributed by atoms with Gasteiger partial charge in [0.2, 0.25) is 0 Å². The van der Waals surface area contributed by atoms with Crippen molar-refractivity contribution in [1.29, 1.82) is 0 Å². The van der Waals surface area contributed by atoms with Gasteiger partial charge in [-0.1, -0.05) is 6.07 Å². The van der Waals surface area contributed by atoms with Gasteiger partial charge in [-0.05, 0) is 52.7 Å². The summed E-state index contributed by atoms with van der Waals surface area (Å²) in [5.74, 6) is -3.33. The Labute approximate surface area is 116 Å². The van der Waals surface area contributed by atoms with Crippen LogP contribution < -0.4 is 0 Å². The molecule has 19 heavy (non-hydrogen) atoms. The topological polar surface area (TPSA) is 17.1 Å². The van der Waals surface area contributed by atoms with E-state index in [1.165, 1.54) is 18.2 Å². The van der Waals surface area contributed by atoms with Gasteiger partial charge in [-0.15, -0.1) is 0 Å². The normalized spacial score (nSPS) is 10.6. The van der Waals surface area contributed by atoms with Gasteiger partial charge in [0.05, 0.1) is 15.6 Å². The molecule has 0 radical (unpaired) electrons. The number of carbonyl (C=O) groups is 1. The molecule has 0 aliphatic carbocycles. The van der Waals surface area contributed by atoms with Gasteiger partial charge >= 0.3 is 0 Å². The molecule has 0 aliphatic rings. The van der Waals surface area contributed by atoms with Crippen LogP contribution in [0.4, 0.5) is 13.2 Å². The van der Waals surface area contributed by atoms with Gasteiger partial charge in [-0.3, -0.25) is 4.79 Å². The molecule has 0 aliphatic heterocycles. The first-order valence-electron chi connectivity index (χ1n) is 5.35. The van der Waals surface area contributed by atoms with Crippen LogP contribution in [0.1, 0.15) is 21.5 Å². The lowest BCUT2D eigenvalue weighted by Gasteiger charge is -2.06. The second-order valence-corrected chi connectivity index (χ2v) is 4.91. The second-order valence-electron chi connectivity index (χ2n) is 4.06. The lowest BCUT2D eigenvalue weighted by Crippen LogP contribution is -2.08. The van der Waals surface area contributed by atoms with E-state index in [0.29, 0.717) is 5.56 Å². The van der Waals surface area contributed by atoms with E-state index in [4.69, 9.17) is 0 Å². The SMILES string of the molecule is Cc1ccc(C(=O)c2cc(F)c(Br)cc2F)c(F)c1. The van der Waals surface area contributed by atoms with Crippen LogP contribution in [-0.4, -0.2) is 5.78 Å². The summed E-state index contributed by atoms with van der Waals surface area (Å²) in [7, 11) is 0. The van der Waals surface area contributed by atoms with Crippen molar-refractivity contribution in [3.63, 3.8) is 0 Å². The monoisotopic (exact) mass is 328 g/mol. The molecule has 0 unspecified atom stereocenters. The van der Waals surface area contributed by atoms with Crippen molar-refractivity contribution in [1.82, 2.24) is 0 Å². The number of halogens is 4. The average Bonchev–Trinajstić information content (AvgIpc) is 2.33. The maximum absolute atomic E-state index is 13.7. The number of ketones is 1. The Morgan fingerprint density at radius 3 is 2.21 bits per heavy atom. The molecule has 0 amide bonds. The smallest absolute Gasteiger partial charge is 0.199 e. The fourth-order valence-electron chi connectivity index (χ4n) is 1.65. The highest BCUT2D eigenvalue weighted by Crippen LogP contribution is 2.23. The standard InChI is InChI=1S/C14H8BrF3O/c1-7-2-3-8(11(16)4-7)14(19)9-5-13(18)10(15)6-12(9)17/h2-6H,1H3. The molecule has 0 saturated carbocycles. The highest BCUT2D eigenvalue weighted by molar-refractivity contribution is 9.10. The molecule has 1 nitrogen and oxygen atoms in total. The zero-order valence-electron chi connectivity index (χ0n) is 9.81. The van der Waals surface area contributed by atoms with E-state index in [2.05, 4.69) is 15.9 Å². The van der Waals surface area contributed by atoms with Gasteiger partial charge in [0, 0.05) is 0 Å². The third-order valence-electron chi connectivity index (χ3n) is 2.62. The van der Waals surface area contributed by atoms with Crippen molar-refractivity contribution in [2.24, 2.45) is 0 Å². The summed E-state index contributed by atoms with van der Waals surface area (Å²) in [5, 5.41) is 0. The van der Waals surface area contributed by atoms with E-state index >= 15 is 0 Å². The zero-order chi connectivity index (χ0) is 14.2. The summed E-state index contributed by atoms with van der Waals surface area (Å²) in [6, 6.07) is 5.55. The summed E-state index contributed by atoms with van der Waals surface area (Å²) in [6.45, 7) is 1.66. The van der Waals surface area contributed by atoms with Crippen molar-refractivity contribution >= 4 is 21.7 Å². The van der Waals surface area contributed by atoms with Crippen LogP contribution >= 0.6 is 15.9 Å². The molecule has 0 spiro atoms. The molecular weight excluding hydrogens is 321 g/mol. The van der Waals surface area contributed by atoms with Crippen LogP contribution in [-0.2, 0) is 0 Å². The second kappa shape index (κ2) is 5.17. The predicted molar refractivity (Wildman–Crippen MR) is 68.6 cm³/mol. The number of benzene rings is 2. The summed E-state index contributed by atoms with van der Waals surface area (Å²) >= 11 is 2.81. The summed E-state index contributed by atoms with van der Waals surface area (Å²) in [4.78, 5) is 12.0. The summed E-state index contributed by atoms with van der Waals surface area (Å²) < 4.78 is 40.5. The first-order valence-corrected chi connectivity index (χ1v) is 6.15. The highest BCUT2D eigenvalue weighted by Gasteiger charge is 2.19. The Kier molecular flexibility index (Phi) is 3.75. The van der Waals surface area contributed by atoms with Crippen molar-refractivity contribution in [2.45, 2.75) is 6.92 Å². The Morgan fingerprint density at radius 2 is 1.58 bits per heavy atom. The van der Waals surface area contributed by atoms with Gasteiger partial charge in [0.1, 0.15) is 17.5 Å². The summed E-state index contributed by atoms with van der Waals surface area (Å²) in [6.07, 6.45) is 0. The van der Waals surface area contributed by atoms with Crippen LogP contribution in [0.5, 0.6) is 0 Å². The van der Waals surface area contributed by atoms with Gasteiger partial charge in [0.15, 0.2) is 5.78 Å². The quantitative estimate of drug-likeness (QED) is 0.589. The van der Waals surface area contributed by atoms with Crippen molar-refractivity contribution in [3.05, 3.63) is 68.9 Å². The first-order chi connectivity index (χ1) is 8.90. The van der Waals surface area contributed by atoms with Gasteiger partial charge < -0.3 is 0 Å². The predicted octanol–water partition coefficient (Wildman–Crippen LogP) is 4.41. The van der Waals surface area contributed by atoms with Crippen LogP contribution in [0.15, 0.2) is 34.8 Å². The molecule has 5 heteroatoms. The number of carbonyl (C=O) groups excluding carboxylic acids is 1. The lowest BCUT2D eigenvalue weighted by molar-refractivity contribution is 0.103. The van der Waals surface area contributed by atoms with Crippen molar-refractivity contribution in [2.75, 3.05) is 0 Å². The highest BCUT2D eigenvalue weighted by atomic mass is 79.9. The number of rotatable bonds is 2. The Hall–Kier alpha value is -1.62. The van der Waals surface area contributed by atoms with E-state index in [9.17, 15) is 18.0 Å². The minimum atomic E-state index is -0.904. The van der Waals surface area contributed by atoms with Gasteiger partial charge in [-0.25, -0.2) is 13.2 Å². The van der Waals surface area contributed by atoms with E-state index in [1.807, 2.05) is 0 Å². The molecule has 0 atom stereocenters.